The molecule has 0 amide bonds. The minimum absolute atomic E-state index is 0. The zero-order valence-electron chi connectivity index (χ0n) is 18.2. The molecule has 1 fully saturated rings. The number of nitrogens with one attached hydrogen (secondary N) is 1. The first kappa shape index (κ1) is 24.1. The lowest BCUT2D eigenvalue weighted by Crippen LogP contribution is -2.53. The summed E-state index contributed by atoms with van der Waals surface area (Å²) >= 11 is 0. The molecule has 0 bridgehead atoms. The predicted molar refractivity (Wildman–Crippen MR) is 132 cm³/mol. The number of guanidine groups is 1. The Morgan fingerprint density at radius 3 is 2.40 bits per heavy atom. The van der Waals surface area contributed by atoms with Crippen molar-refractivity contribution in [2.75, 3.05) is 65.9 Å². The second kappa shape index (κ2) is 11.9. The molecule has 8 nitrogen and oxygen atoms in total. The summed E-state index contributed by atoms with van der Waals surface area (Å²) in [7, 11) is 7.72. The highest BCUT2D eigenvalue weighted by Gasteiger charge is 2.23. The van der Waals surface area contributed by atoms with E-state index in [0.29, 0.717) is 0 Å². The number of nitrogens with zero attached hydrogens (tertiary/aromatic N) is 6. The quantitative estimate of drug-likeness (QED) is 0.352. The maximum absolute atomic E-state index is 5.57. The van der Waals surface area contributed by atoms with Gasteiger partial charge in [0.25, 0.3) is 0 Å². The number of aliphatic imine (C=N–C) groups is 1. The number of rotatable bonds is 6. The van der Waals surface area contributed by atoms with Gasteiger partial charge < -0.3 is 24.8 Å². The largest absolute Gasteiger partial charge is 0.496 e. The highest BCUT2D eigenvalue weighted by atomic mass is 127. The Kier molecular flexibility index (Phi) is 9.57. The molecular formula is C21H32IN7O. The number of aromatic nitrogens is 2. The molecule has 0 spiro atoms. The Bertz CT molecular complexity index is 795. The van der Waals surface area contributed by atoms with E-state index in [4.69, 9.17) is 4.74 Å². The number of para-hydroxylation sites is 1. The molecule has 1 aliphatic heterocycles. The van der Waals surface area contributed by atoms with Crippen molar-refractivity contribution < 1.29 is 4.74 Å². The maximum atomic E-state index is 5.57. The Labute approximate surface area is 196 Å². The number of hydrogen-bond acceptors (Lipinski definition) is 6. The molecule has 2 aromatic rings. The van der Waals surface area contributed by atoms with Crippen molar-refractivity contribution in [1.82, 2.24) is 25.1 Å². The van der Waals surface area contributed by atoms with E-state index < -0.39 is 0 Å². The summed E-state index contributed by atoms with van der Waals surface area (Å²) in [5.41, 5.74) is 1.16. The van der Waals surface area contributed by atoms with Gasteiger partial charge >= 0.3 is 0 Å². The summed E-state index contributed by atoms with van der Waals surface area (Å²) in [6, 6.07) is 10.2. The Balaban J connectivity index is 0.00000320. The van der Waals surface area contributed by atoms with Crippen LogP contribution in [-0.4, -0.2) is 86.7 Å². The van der Waals surface area contributed by atoms with Crippen molar-refractivity contribution in [3.05, 3.63) is 48.3 Å². The molecule has 1 aromatic carbocycles. The Morgan fingerprint density at radius 2 is 1.80 bits per heavy atom. The molecule has 2 heterocycles. The van der Waals surface area contributed by atoms with Gasteiger partial charge in [0.05, 0.1) is 13.2 Å². The summed E-state index contributed by atoms with van der Waals surface area (Å²) in [4.78, 5) is 19.9. The fraction of sp³-hybridized carbons (Fsp3) is 0.476. The summed E-state index contributed by atoms with van der Waals surface area (Å²) in [5.74, 6) is 2.61. The molecule has 0 radical (unpaired) electrons. The van der Waals surface area contributed by atoms with Crippen LogP contribution in [0.1, 0.15) is 11.6 Å². The standard InChI is InChI=1S/C21H31N7O.HI/c1-22-20(27-12-14-28(15-13-27)21-23-10-7-11-24-21)25-16-18(26(2)3)17-8-5-6-9-19(17)29-4;/h5-11,18H,12-16H2,1-4H3,(H,22,25);1H. The first-order valence-electron chi connectivity index (χ1n) is 9.91. The molecule has 0 saturated carbocycles. The maximum Gasteiger partial charge on any atom is 0.225 e. The first-order valence-corrected chi connectivity index (χ1v) is 9.91. The topological polar surface area (TPSA) is 69.1 Å². The van der Waals surface area contributed by atoms with Crippen LogP contribution >= 0.6 is 24.0 Å². The molecule has 0 aliphatic carbocycles. The van der Waals surface area contributed by atoms with E-state index in [2.05, 4.69) is 55.1 Å². The van der Waals surface area contributed by atoms with E-state index in [0.717, 1.165) is 55.9 Å². The van der Waals surface area contributed by atoms with Gasteiger partial charge in [-0.25, -0.2) is 9.97 Å². The van der Waals surface area contributed by atoms with Gasteiger partial charge in [-0.05, 0) is 26.2 Å². The second-order valence-corrected chi connectivity index (χ2v) is 7.17. The number of anilines is 1. The minimum Gasteiger partial charge on any atom is -0.496 e. The van der Waals surface area contributed by atoms with Crippen molar-refractivity contribution in [1.29, 1.82) is 0 Å². The molecule has 1 aromatic heterocycles. The lowest BCUT2D eigenvalue weighted by Gasteiger charge is -2.37. The molecule has 3 rings (SSSR count). The average Bonchev–Trinajstić information content (AvgIpc) is 2.77. The summed E-state index contributed by atoms with van der Waals surface area (Å²) < 4.78 is 5.57. The zero-order chi connectivity index (χ0) is 20.6. The van der Waals surface area contributed by atoms with E-state index in [1.165, 1.54) is 0 Å². The average molecular weight is 525 g/mol. The van der Waals surface area contributed by atoms with E-state index in [9.17, 15) is 0 Å². The van der Waals surface area contributed by atoms with Gasteiger partial charge in [0.15, 0.2) is 5.96 Å². The van der Waals surface area contributed by atoms with Crippen molar-refractivity contribution in [2.24, 2.45) is 4.99 Å². The molecule has 30 heavy (non-hydrogen) atoms. The smallest absolute Gasteiger partial charge is 0.225 e. The van der Waals surface area contributed by atoms with Gasteiger partial charge in [-0.1, -0.05) is 18.2 Å². The SMILES string of the molecule is CN=C(NCC(c1ccccc1OC)N(C)C)N1CCN(c2ncccn2)CC1.I. The fourth-order valence-electron chi connectivity index (χ4n) is 3.61. The van der Waals surface area contributed by atoms with Gasteiger partial charge in [0.2, 0.25) is 5.95 Å². The van der Waals surface area contributed by atoms with Crippen LogP contribution in [-0.2, 0) is 0 Å². The second-order valence-electron chi connectivity index (χ2n) is 7.17. The summed E-state index contributed by atoms with van der Waals surface area (Å²) in [5, 5.41) is 3.55. The van der Waals surface area contributed by atoms with Crippen LogP contribution in [0.3, 0.4) is 0 Å². The number of halogens is 1. The highest BCUT2D eigenvalue weighted by Crippen LogP contribution is 2.27. The molecule has 1 atom stereocenters. The third kappa shape index (κ3) is 5.94. The number of hydrogen-bond donors (Lipinski definition) is 1. The molecule has 1 unspecified atom stereocenters. The molecule has 164 valence electrons. The van der Waals surface area contributed by atoms with Crippen molar-refractivity contribution in [2.45, 2.75) is 6.04 Å². The Hall–Kier alpha value is -2.14. The fourth-order valence-corrected chi connectivity index (χ4v) is 3.61. The number of methoxy groups -OCH3 is 1. The molecule has 1 saturated heterocycles. The third-order valence-corrected chi connectivity index (χ3v) is 5.20. The lowest BCUT2D eigenvalue weighted by atomic mass is 10.0. The van der Waals surface area contributed by atoms with Crippen LogP contribution in [0.25, 0.3) is 0 Å². The van der Waals surface area contributed by atoms with E-state index in [1.807, 2.05) is 31.3 Å². The Morgan fingerprint density at radius 1 is 1.13 bits per heavy atom. The first-order chi connectivity index (χ1) is 14.1. The zero-order valence-corrected chi connectivity index (χ0v) is 20.5. The number of piperazine rings is 1. The summed E-state index contributed by atoms with van der Waals surface area (Å²) in [6.45, 7) is 4.23. The lowest BCUT2D eigenvalue weighted by molar-refractivity contribution is 0.283. The molecular weight excluding hydrogens is 493 g/mol. The summed E-state index contributed by atoms with van der Waals surface area (Å²) in [6.07, 6.45) is 3.57. The van der Waals surface area contributed by atoms with Crippen LogP contribution in [0.4, 0.5) is 5.95 Å². The van der Waals surface area contributed by atoms with Gasteiger partial charge in [-0.2, -0.15) is 0 Å². The molecule has 9 heteroatoms. The van der Waals surface area contributed by atoms with Gasteiger partial charge in [-0.3, -0.25) is 4.99 Å². The third-order valence-electron chi connectivity index (χ3n) is 5.20. The van der Waals surface area contributed by atoms with Gasteiger partial charge in [0, 0.05) is 57.7 Å². The molecule has 1 N–H and O–H groups in total. The predicted octanol–water partition coefficient (Wildman–Crippen LogP) is 2.10. The van der Waals surface area contributed by atoms with Crippen LogP contribution in [0.15, 0.2) is 47.7 Å². The normalized spacial score (nSPS) is 15.6. The van der Waals surface area contributed by atoms with E-state index in [1.54, 1.807) is 19.5 Å². The highest BCUT2D eigenvalue weighted by molar-refractivity contribution is 14.0. The number of benzene rings is 1. The minimum atomic E-state index is 0. The van der Waals surface area contributed by atoms with Crippen LogP contribution in [0.2, 0.25) is 0 Å². The van der Waals surface area contributed by atoms with Crippen molar-refractivity contribution in [3.8, 4) is 5.75 Å². The van der Waals surface area contributed by atoms with Crippen molar-refractivity contribution >= 4 is 35.9 Å². The van der Waals surface area contributed by atoms with Crippen molar-refractivity contribution in [3.63, 3.8) is 0 Å². The number of ether oxygens (including phenoxy) is 1. The van der Waals surface area contributed by atoms with Gasteiger partial charge in [0.1, 0.15) is 5.75 Å². The molecule has 1 aliphatic rings. The van der Waals surface area contributed by atoms with E-state index >= 15 is 0 Å². The van der Waals surface area contributed by atoms with Crippen LogP contribution in [0.5, 0.6) is 5.75 Å². The van der Waals surface area contributed by atoms with Crippen LogP contribution in [0, 0.1) is 0 Å². The van der Waals surface area contributed by atoms with E-state index in [-0.39, 0.29) is 30.0 Å². The van der Waals surface area contributed by atoms with Gasteiger partial charge in [-0.15, -0.1) is 24.0 Å². The number of likely N-dealkylation sites (N-methyl/N-ethyl adjacent to an activating group) is 1. The monoisotopic (exact) mass is 525 g/mol. The van der Waals surface area contributed by atoms with Crippen LogP contribution < -0.4 is 15.0 Å².